The van der Waals surface area contributed by atoms with Gasteiger partial charge in [0.1, 0.15) is 0 Å². The molecule has 0 heterocycles. The van der Waals surface area contributed by atoms with Crippen LogP contribution in [0.5, 0.6) is 0 Å². The third kappa shape index (κ3) is 1.21. The molecule has 0 spiro atoms. The Kier molecular flexibility index (Phi) is 1.81. The Hall–Kier alpha value is -1.35. The summed E-state index contributed by atoms with van der Waals surface area (Å²) >= 11 is 0. The molecule has 1 aliphatic rings. The normalized spacial score (nSPS) is 19.9. The van der Waals surface area contributed by atoms with Crippen LogP contribution in [0.4, 0.5) is 0 Å². The summed E-state index contributed by atoms with van der Waals surface area (Å²) in [5.74, 6) is -0.880. The van der Waals surface area contributed by atoms with Gasteiger partial charge >= 0.3 is 5.97 Å². The molecule has 3 nitrogen and oxygen atoms in total. The van der Waals surface area contributed by atoms with Crippen LogP contribution in [-0.4, -0.2) is 11.1 Å². The number of carboxylic acid groups (broad SMARTS) is 1. The Labute approximate surface area is 76.2 Å². The van der Waals surface area contributed by atoms with Gasteiger partial charge in [-0.1, -0.05) is 12.1 Å². The van der Waals surface area contributed by atoms with E-state index in [0.717, 1.165) is 24.0 Å². The van der Waals surface area contributed by atoms with Gasteiger partial charge in [0, 0.05) is 6.04 Å². The van der Waals surface area contributed by atoms with Crippen molar-refractivity contribution in [1.29, 1.82) is 0 Å². The molecule has 0 unspecified atom stereocenters. The number of aromatic carboxylic acids is 1. The SMILES string of the molecule is N[C@H]1CCc2cccc(C(=O)O)c21. The highest BCUT2D eigenvalue weighted by atomic mass is 16.4. The number of rotatable bonds is 1. The summed E-state index contributed by atoms with van der Waals surface area (Å²) in [4.78, 5) is 10.9. The molecule has 13 heavy (non-hydrogen) atoms. The first-order chi connectivity index (χ1) is 6.20. The highest BCUT2D eigenvalue weighted by Gasteiger charge is 2.24. The van der Waals surface area contributed by atoms with Crippen molar-refractivity contribution < 1.29 is 9.90 Å². The molecule has 3 N–H and O–H groups in total. The van der Waals surface area contributed by atoms with Gasteiger partial charge in [0.15, 0.2) is 0 Å². The molecular weight excluding hydrogens is 166 g/mol. The zero-order valence-corrected chi connectivity index (χ0v) is 7.16. The van der Waals surface area contributed by atoms with Crippen molar-refractivity contribution in [3.63, 3.8) is 0 Å². The summed E-state index contributed by atoms with van der Waals surface area (Å²) in [6.07, 6.45) is 1.76. The third-order valence-electron chi connectivity index (χ3n) is 2.52. The quantitative estimate of drug-likeness (QED) is 0.680. The number of benzene rings is 1. The molecule has 0 amide bonds. The van der Waals surface area contributed by atoms with Gasteiger partial charge in [0.25, 0.3) is 0 Å². The standard InChI is InChI=1S/C10H11NO2/c11-8-5-4-6-2-1-3-7(9(6)8)10(12)13/h1-3,8H,4-5,11H2,(H,12,13)/t8-/m0/s1. The smallest absolute Gasteiger partial charge is 0.336 e. The van der Waals surface area contributed by atoms with Crippen LogP contribution in [0.2, 0.25) is 0 Å². The minimum atomic E-state index is -0.880. The van der Waals surface area contributed by atoms with Crippen molar-refractivity contribution >= 4 is 5.97 Å². The van der Waals surface area contributed by atoms with Gasteiger partial charge in [-0.15, -0.1) is 0 Å². The van der Waals surface area contributed by atoms with Gasteiger partial charge in [-0.2, -0.15) is 0 Å². The van der Waals surface area contributed by atoms with Crippen LogP contribution in [0.25, 0.3) is 0 Å². The maximum atomic E-state index is 10.9. The molecule has 0 aromatic heterocycles. The Bertz CT molecular complexity index is 360. The van der Waals surface area contributed by atoms with Crippen molar-refractivity contribution in [2.45, 2.75) is 18.9 Å². The third-order valence-corrected chi connectivity index (χ3v) is 2.52. The van der Waals surface area contributed by atoms with Gasteiger partial charge in [0.2, 0.25) is 0 Å². The molecule has 1 aromatic rings. The van der Waals surface area contributed by atoms with Crippen molar-refractivity contribution in [1.82, 2.24) is 0 Å². The molecule has 0 saturated heterocycles. The van der Waals surface area contributed by atoms with Crippen LogP contribution in [0.15, 0.2) is 18.2 Å². The fourth-order valence-corrected chi connectivity index (χ4v) is 1.91. The summed E-state index contributed by atoms with van der Waals surface area (Å²) in [6.45, 7) is 0. The van der Waals surface area contributed by atoms with E-state index in [0.29, 0.717) is 5.56 Å². The predicted octanol–water partition coefficient (Wildman–Crippen LogP) is 1.33. The second-order valence-electron chi connectivity index (χ2n) is 3.33. The lowest BCUT2D eigenvalue weighted by molar-refractivity contribution is 0.0695. The molecule has 1 atom stereocenters. The highest BCUT2D eigenvalue weighted by molar-refractivity contribution is 5.90. The van der Waals surface area contributed by atoms with E-state index in [1.165, 1.54) is 0 Å². The van der Waals surface area contributed by atoms with Crippen molar-refractivity contribution in [3.05, 3.63) is 34.9 Å². The zero-order chi connectivity index (χ0) is 9.42. The maximum Gasteiger partial charge on any atom is 0.336 e. The Morgan fingerprint density at radius 1 is 1.54 bits per heavy atom. The molecule has 2 rings (SSSR count). The molecule has 0 radical (unpaired) electrons. The first-order valence-corrected chi connectivity index (χ1v) is 4.31. The average Bonchev–Trinajstić information content (AvgIpc) is 2.48. The number of nitrogens with two attached hydrogens (primary N) is 1. The summed E-state index contributed by atoms with van der Waals surface area (Å²) in [5.41, 5.74) is 8.10. The number of hydrogen-bond donors (Lipinski definition) is 2. The second-order valence-corrected chi connectivity index (χ2v) is 3.33. The van der Waals surface area contributed by atoms with E-state index in [1.54, 1.807) is 12.1 Å². The molecule has 3 heteroatoms. The van der Waals surface area contributed by atoms with Crippen molar-refractivity contribution in [2.75, 3.05) is 0 Å². The molecule has 0 saturated carbocycles. The summed E-state index contributed by atoms with van der Waals surface area (Å²) in [5, 5.41) is 8.91. The summed E-state index contributed by atoms with van der Waals surface area (Å²) in [7, 11) is 0. The van der Waals surface area contributed by atoms with Gasteiger partial charge in [-0.25, -0.2) is 4.79 Å². The molecule has 0 fully saturated rings. The molecule has 1 aromatic carbocycles. The van der Waals surface area contributed by atoms with Crippen LogP contribution in [0.1, 0.15) is 33.9 Å². The topological polar surface area (TPSA) is 63.3 Å². The fourth-order valence-electron chi connectivity index (χ4n) is 1.91. The second kappa shape index (κ2) is 2.85. The van der Waals surface area contributed by atoms with E-state index in [9.17, 15) is 4.79 Å². The van der Waals surface area contributed by atoms with Crippen molar-refractivity contribution in [2.24, 2.45) is 5.73 Å². The van der Waals surface area contributed by atoms with Crippen LogP contribution in [0.3, 0.4) is 0 Å². The first-order valence-electron chi connectivity index (χ1n) is 4.31. The first kappa shape index (κ1) is 8.26. The van der Waals surface area contributed by atoms with E-state index >= 15 is 0 Å². The number of aryl methyl sites for hydroxylation is 1. The predicted molar refractivity (Wildman–Crippen MR) is 48.7 cm³/mol. The molecule has 68 valence electrons. The number of fused-ring (bicyclic) bond motifs is 1. The van der Waals surface area contributed by atoms with Gasteiger partial charge in [0.05, 0.1) is 5.56 Å². The minimum absolute atomic E-state index is 0.0951. The van der Waals surface area contributed by atoms with E-state index < -0.39 is 5.97 Å². The van der Waals surface area contributed by atoms with Crippen LogP contribution in [-0.2, 0) is 6.42 Å². The highest BCUT2D eigenvalue weighted by Crippen LogP contribution is 2.31. The maximum absolute atomic E-state index is 10.9. The number of carboxylic acids is 1. The summed E-state index contributed by atoms with van der Waals surface area (Å²) < 4.78 is 0. The van der Waals surface area contributed by atoms with E-state index in [4.69, 9.17) is 10.8 Å². The molecular formula is C10H11NO2. The lowest BCUT2D eigenvalue weighted by Crippen LogP contribution is -2.11. The van der Waals surface area contributed by atoms with E-state index in [2.05, 4.69) is 0 Å². The van der Waals surface area contributed by atoms with E-state index in [1.807, 2.05) is 6.07 Å². The number of hydrogen-bond acceptors (Lipinski definition) is 2. The minimum Gasteiger partial charge on any atom is -0.478 e. The zero-order valence-electron chi connectivity index (χ0n) is 7.16. The largest absolute Gasteiger partial charge is 0.478 e. The fraction of sp³-hybridized carbons (Fsp3) is 0.300. The number of carbonyl (C=O) groups is 1. The van der Waals surface area contributed by atoms with Gasteiger partial charge in [-0.3, -0.25) is 0 Å². The van der Waals surface area contributed by atoms with Gasteiger partial charge < -0.3 is 10.8 Å². The van der Waals surface area contributed by atoms with E-state index in [-0.39, 0.29) is 6.04 Å². The lowest BCUT2D eigenvalue weighted by Gasteiger charge is -2.07. The monoisotopic (exact) mass is 177 g/mol. The van der Waals surface area contributed by atoms with Crippen molar-refractivity contribution in [3.8, 4) is 0 Å². The van der Waals surface area contributed by atoms with Crippen LogP contribution in [0, 0.1) is 0 Å². The lowest BCUT2D eigenvalue weighted by atomic mass is 10.0. The Morgan fingerprint density at radius 2 is 2.31 bits per heavy atom. The molecule has 0 bridgehead atoms. The molecule has 1 aliphatic carbocycles. The van der Waals surface area contributed by atoms with Gasteiger partial charge in [-0.05, 0) is 30.0 Å². The van der Waals surface area contributed by atoms with Crippen LogP contribution < -0.4 is 5.73 Å². The van der Waals surface area contributed by atoms with Crippen LogP contribution >= 0.6 is 0 Å². The summed E-state index contributed by atoms with van der Waals surface area (Å²) in [6, 6.07) is 5.25. The Morgan fingerprint density at radius 3 is 3.00 bits per heavy atom. The molecule has 0 aliphatic heterocycles. The average molecular weight is 177 g/mol. The Balaban J connectivity index is 2.60.